The quantitative estimate of drug-likeness (QED) is 0.731. The zero-order chi connectivity index (χ0) is 22.1. The van der Waals surface area contributed by atoms with E-state index in [1.165, 1.54) is 42.2 Å². The number of halogens is 1. The summed E-state index contributed by atoms with van der Waals surface area (Å²) in [6.07, 6.45) is 1.57. The van der Waals surface area contributed by atoms with Crippen molar-refractivity contribution in [2.45, 2.75) is 18.9 Å². The number of carbonyl (C=O) groups is 2. The number of rotatable bonds is 4. The lowest BCUT2D eigenvalue weighted by molar-refractivity contribution is -0.155. The summed E-state index contributed by atoms with van der Waals surface area (Å²) in [5.41, 5.74) is -0.263. The number of hydrogen-bond donors (Lipinski definition) is 0. The predicted molar refractivity (Wildman–Crippen MR) is 110 cm³/mol. The van der Waals surface area contributed by atoms with Gasteiger partial charge in [-0.15, -0.1) is 0 Å². The second kappa shape index (κ2) is 7.99. The van der Waals surface area contributed by atoms with E-state index in [0.717, 1.165) is 5.56 Å². The molecule has 2 aromatic carbocycles. The average molecular weight is 407 g/mol. The standard InChI is InChI=1S/C23H22FN3O3/c1-23(13-15-8-6-5-7-9-15)22(29)26(2)18(21(28)27(23)3)12-17-16(14-25)10-11-19(30-4)20(17)24/h5-12H,13H2,1-4H3. The molecule has 2 amide bonds. The van der Waals surface area contributed by atoms with Crippen LogP contribution in [0.25, 0.3) is 6.08 Å². The van der Waals surface area contributed by atoms with Crippen molar-refractivity contribution < 1.29 is 18.7 Å². The van der Waals surface area contributed by atoms with Gasteiger partial charge >= 0.3 is 0 Å². The van der Waals surface area contributed by atoms with Gasteiger partial charge in [0.1, 0.15) is 11.2 Å². The fraction of sp³-hybridized carbons (Fsp3) is 0.261. The summed E-state index contributed by atoms with van der Waals surface area (Å²) in [6.45, 7) is 1.71. The number of methoxy groups -OCH3 is 1. The van der Waals surface area contributed by atoms with Crippen LogP contribution in [0, 0.1) is 17.1 Å². The highest BCUT2D eigenvalue weighted by molar-refractivity contribution is 6.08. The van der Waals surface area contributed by atoms with E-state index in [1.807, 2.05) is 36.4 Å². The normalized spacial score (nSPS) is 20.5. The summed E-state index contributed by atoms with van der Waals surface area (Å²) < 4.78 is 19.8. The number of hydrogen-bond acceptors (Lipinski definition) is 4. The largest absolute Gasteiger partial charge is 0.494 e. The summed E-state index contributed by atoms with van der Waals surface area (Å²) >= 11 is 0. The van der Waals surface area contributed by atoms with Crippen molar-refractivity contribution in [3.05, 3.63) is 70.7 Å². The molecule has 1 aliphatic rings. The Bertz CT molecular complexity index is 1080. The third kappa shape index (κ3) is 3.41. The number of nitrogens with zero attached hydrogens (tertiary/aromatic N) is 3. The van der Waals surface area contributed by atoms with Gasteiger partial charge in [0.05, 0.1) is 18.7 Å². The molecule has 1 saturated heterocycles. The Hall–Kier alpha value is -3.66. The van der Waals surface area contributed by atoms with Crippen molar-refractivity contribution in [2.24, 2.45) is 0 Å². The van der Waals surface area contributed by atoms with Crippen molar-refractivity contribution in [3.63, 3.8) is 0 Å². The lowest BCUT2D eigenvalue weighted by Crippen LogP contribution is -2.64. The van der Waals surface area contributed by atoms with Crippen LogP contribution in [0.3, 0.4) is 0 Å². The van der Waals surface area contributed by atoms with E-state index in [9.17, 15) is 19.2 Å². The van der Waals surface area contributed by atoms with Gasteiger partial charge in [-0.25, -0.2) is 4.39 Å². The maximum absolute atomic E-state index is 14.8. The second-order valence-corrected chi connectivity index (χ2v) is 7.35. The monoisotopic (exact) mass is 407 g/mol. The van der Waals surface area contributed by atoms with Crippen LogP contribution in [0.1, 0.15) is 23.6 Å². The van der Waals surface area contributed by atoms with Gasteiger partial charge in [-0.2, -0.15) is 5.26 Å². The first kappa shape index (κ1) is 21.1. The summed E-state index contributed by atoms with van der Waals surface area (Å²) in [6, 6.07) is 14.1. The van der Waals surface area contributed by atoms with Gasteiger partial charge in [0.2, 0.25) is 0 Å². The Labute approximate surface area is 174 Å². The molecule has 154 valence electrons. The maximum atomic E-state index is 14.8. The lowest BCUT2D eigenvalue weighted by atomic mass is 9.87. The molecule has 1 fully saturated rings. The molecule has 2 aromatic rings. The number of amides is 2. The van der Waals surface area contributed by atoms with E-state index < -0.39 is 17.3 Å². The molecule has 0 bridgehead atoms. The summed E-state index contributed by atoms with van der Waals surface area (Å²) in [7, 11) is 4.34. The van der Waals surface area contributed by atoms with E-state index in [2.05, 4.69) is 0 Å². The molecule has 1 atom stereocenters. The Kier molecular flexibility index (Phi) is 5.61. The van der Waals surface area contributed by atoms with Crippen LogP contribution in [0.4, 0.5) is 4.39 Å². The van der Waals surface area contributed by atoms with Crippen LogP contribution in [0.2, 0.25) is 0 Å². The molecule has 1 heterocycles. The lowest BCUT2D eigenvalue weighted by Gasteiger charge is -2.45. The molecule has 0 saturated carbocycles. The number of nitriles is 1. The van der Waals surface area contributed by atoms with Crippen LogP contribution in [0.5, 0.6) is 5.75 Å². The topological polar surface area (TPSA) is 73.6 Å². The zero-order valence-corrected chi connectivity index (χ0v) is 17.3. The van der Waals surface area contributed by atoms with Gasteiger partial charge in [0.15, 0.2) is 11.6 Å². The Balaban J connectivity index is 2.06. The molecule has 1 aliphatic heterocycles. The molecule has 0 spiro atoms. The minimum Gasteiger partial charge on any atom is -0.494 e. The fourth-order valence-electron chi connectivity index (χ4n) is 3.61. The van der Waals surface area contributed by atoms with E-state index in [1.54, 1.807) is 14.0 Å². The summed E-state index contributed by atoms with van der Waals surface area (Å²) in [4.78, 5) is 29.1. The summed E-state index contributed by atoms with van der Waals surface area (Å²) in [5.74, 6) is -1.57. The molecule has 7 heteroatoms. The Morgan fingerprint density at radius 3 is 2.43 bits per heavy atom. The van der Waals surface area contributed by atoms with Gasteiger partial charge in [-0.05, 0) is 30.7 Å². The minimum atomic E-state index is -1.10. The smallest absolute Gasteiger partial charge is 0.271 e. The van der Waals surface area contributed by atoms with Gasteiger partial charge in [0.25, 0.3) is 11.8 Å². The SMILES string of the molecule is COc1ccc(C#N)c(C=C2C(=O)N(C)C(C)(Cc3ccccc3)C(=O)N2C)c1F. The van der Waals surface area contributed by atoms with Crippen LogP contribution >= 0.6 is 0 Å². The molecular formula is C23H22FN3O3. The molecule has 0 N–H and O–H groups in total. The van der Waals surface area contributed by atoms with Gasteiger partial charge in [0, 0.05) is 26.1 Å². The third-order valence-corrected chi connectivity index (χ3v) is 5.55. The van der Waals surface area contributed by atoms with Crippen LogP contribution < -0.4 is 4.74 Å². The third-order valence-electron chi connectivity index (χ3n) is 5.55. The average Bonchev–Trinajstić information content (AvgIpc) is 2.75. The minimum absolute atomic E-state index is 0.0170. The molecule has 1 unspecified atom stereocenters. The molecular weight excluding hydrogens is 385 g/mol. The highest BCUT2D eigenvalue weighted by Gasteiger charge is 2.48. The highest BCUT2D eigenvalue weighted by Crippen LogP contribution is 2.33. The van der Waals surface area contributed by atoms with Crippen molar-refractivity contribution in [1.82, 2.24) is 9.80 Å². The van der Waals surface area contributed by atoms with Gasteiger partial charge in [-0.1, -0.05) is 30.3 Å². The van der Waals surface area contributed by atoms with Crippen molar-refractivity contribution >= 4 is 17.9 Å². The van der Waals surface area contributed by atoms with Gasteiger partial charge in [-0.3, -0.25) is 9.59 Å². The number of carbonyl (C=O) groups excluding carboxylic acids is 2. The van der Waals surface area contributed by atoms with E-state index in [0.29, 0.717) is 6.42 Å². The molecule has 0 aliphatic carbocycles. The van der Waals surface area contributed by atoms with Crippen molar-refractivity contribution in [1.29, 1.82) is 5.26 Å². The molecule has 3 rings (SSSR count). The first-order valence-corrected chi connectivity index (χ1v) is 9.33. The first-order valence-electron chi connectivity index (χ1n) is 9.33. The molecule has 0 aromatic heterocycles. The molecule has 6 nitrogen and oxygen atoms in total. The van der Waals surface area contributed by atoms with E-state index in [4.69, 9.17) is 4.74 Å². The Morgan fingerprint density at radius 2 is 1.83 bits per heavy atom. The fourth-order valence-corrected chi connectivity index (χ4v) is 3.61. The number of ether oxygens (including phenoxy) is 1. The maximum Gasteiger partial charge on any atom is 0.271 e. The van der Waals surface area contributed by atoms with E-state index in [-0.39, 0.29) is 28.5 Å². The first-order chi connectivity index (χ1) is 14.2. The zero-order valence-electron chi connectivity index (χ0n) is 17.3. The van der Waals surface area contributed by atoms with Crippen molar-refractivity contribution in [3.8, 4) is 11.8 Å². The van der Waals surface area contributed by atoms with Crippen molar-refractivity contribution in [2.75, 3.05) is 21.2 Å². The second-order valence-electron chi connectivity index (χ2n) is 7.35. The molecule has 0 radical (unpaired) electrons. The predicted octanol–water partition coefficient (Wildman–Crippen LogP) is 2.98. The number of piperazine rings is 1. The summed E-state index contributed by atoms with van der Waals surface area (Å²) in [5, 5.41) is 9.36. The Morgan fingerprint density at radius 1 is 1.17 bits per heavy atom. The highest BCUT2D eigenvalue weighted by atomic mass is 19.1. The van der Waals surface area contributed by atoms with Crippen LogP contribution in [-0.2, 0) is 16.0 Å². The molecule has 30 heavy (non-hydrogen) atoms. The van der Waals surface area contributed by atoms with E-state index >= 15 is 0 Å². The van der Waals surface area contributed by atoms with Crippen LogP contribution in [0.15, 0.2) is 48.2 Å². The number of benzene rings is 2. The van der Waals surface area contributed by atoms with Crippen LogP contribution in [-0.4, -0.2) is 48.4 Å². The number of likely N-dealkylation sites (N-methyl/N-ethyl adjacent to an activating group) is 2. The van der Waals surface area contributed by atoms with Gasteiger partial charge < -0.3 is 14.5 Å².